The number of benzene rings is 1. The number of hydrogen-bond donors (Lipinski definition) is 0. The average molecular weight is 349 g/mol. The summed E-state index contributed by atoms with van der Waals surface area (Å²) < 4.78 is 0. The number of aromatic nitrogens is 1. The van der Waals surface area contributed by atoms with Gasteiger partial charge in [-0.1, -0.05) is 29.8 Å². The molecule has 1 aromatic carbocycles. The zero-order chi connectivity index (χ0) is 17.9. The monoisotopic (exact) mass is 349 g/mol. The number of anilines is 1. The Kier molecular flexibility index (Phi) is 4.91. The number of pyridine rings is 1. The van der Waals surface area contributed by atoms with Crippen molar-refractivity contribution in [1.82, 2.24) is 9.88 Å². The third kappa shape index (κ3) is 3.59. The molecule has 2 fully saturated rings. The van der Waals surface area contributed by atoms with E-state index in [4.69, 9.17) is 0 Å². The molecule has 2 saturated heterocycles. The van der Waals surface area contributed by atoms with E-state index in [-0.39, 0.29) is 5.91 Å². The Morgan fingerprint density at radius 1 is 1.04 bits per heavy atom. The first kappa shape index (κ1) is 17.1. The van der Waals surface area contributed by atoms with E-state index in [0.717, 1.165) is 50.4 Å². The van der Waals surface area contributed by atoms with Crippen LogP contribution >= 0.6 is 0 Å². The van der Waals surface area contributed by atoms with Crippen LogP contribution in [-0.4, -0.2) is 42.0 Å². The third-order valence-electron chi connectivity index (χ3n) is 5.68. The number of hydrogen-bond acceptors (Lipinski definition) is 3. The van der Waals surface area contributed by atoms with Crippen LogP contribution in [0.25, 0.3) is 0 Å². The summed E-state index contributed by atoms with van der Waals surface area (Å²) >= 11 is 0. The van der Waals surface area contributed by atoms with Crippen molar-refractivity contribution >= 4 is 11.7 Å². The summed E-state index contributed by atoms with van der Waals surface area (Å²) in [7, 11) is 0. The van der Waals surface area contributed by atoms with Gasteiger partial charge in [-0.25, -0.2) is 4.98 Å². The molecule has 1 atom stereocenters. The van der Waals surface area contributed by atoms with Crippen LogP contribution in [0.1, 0.15) is 53.1 Å². The van der Waals surface area contributed by atoms with E-state index in [1.165, 1.54) is 24.0 Å². The van der Waals surface area contributed by atoms with Crippen LogP contribution in [0.3, 0.4) is 0 Å². The summed E-state index contributed by atoms with van der Waals surface area (Å²) in [5.74, 6) is 1.53. The number of piperidine rings is 1. The number of likely N-dealkylation sites (tertiary alicyclic amines) is 1. The number of carbonyl (C=O) groups excluding carboxylic acids is 1. The lowest BCUT2D eigenvalue weighted by Crippen LogP contribution is -2.39. The number of nitrogens with zero attached hydrogens (tertiary/aromatic N) is 3. The van der Waals surface area contributed by atoms with Gasteiger partial charge in [-0.2, -0.15) is 0 Å². The molecule has 136 valence electrons. The molecule has 0 aliphatic carbocycles. The zero-order valence-corrected chi connectivity index (χ0v) is 15.5. The number of rotatable bonds is 3. The van der Waals surface area contributed by atoms with Crippen molar-refractivity contribution in [3.05, 3.63) is 59.3 Å². The summed E-state index contributed by atoms with van der Waals surface area (Å²) in [5.41, 5.74) is 3.40. The lowest BCUT2D eigenvalue weighted by Gasteiger charge is -2.33. The fourth-order valence-corrected chi connectivity index (χ4v) is 4.13. The quantitative estimate of drug-likeness (QED) is 0.840. The fourth-order valence-electron chi connectivity index (χ4n) is 4.13. The predicted octanol–water partition coefficient (Wildman–Crippen LogP) is 4.01. The second-order valence-corrected chi connectivity index (χ2v) is 7.60. The fraction of sp³-hybridized carbons (Fsp3) is 0.455. The largest absolute Gasteiger partial charge is 0.357 e. The zero-order valence-electron chi connectivity index (χ0n) is 15.5. The highest BCUT2D eigenvalue weighted by Crippen LogP contribution is 2.28. The normalized spacial score (nSPS) is 20.4. The van der Waals surface area contributed by atoms with Gasteiger partial charge in [-0.3, -0.25) is 4.79 Å². The predicted molar refractivity (Wildman–Crippen MR) is 105 cm³/mol. The van der Waals surface area contributed by atoms with E-state index in [0.29, 0.717) is 5.92 Å². The first-order valence-corrected chi connectivity index (χ1v) is 9.77. The van der Waals surface area contributed by atoms with Crippen LogP contribution in [-0.2, 0) is 0 Å². The van der Waals surface area contributed by atoms with Crippen molar-refractivity contribution in [3.63, 3.8) is 0 Å². The SMILES string of the molecule is Cc1ccc(C2CCCN(C(=O)c3ccnc(N4CCCC4)c3)C2)cc1. The van der Waals surface area contributed by atoms with Crippen molar-refractivity contribution in [3.8, 4) is 0 Å². The molecule has 2 aromatic rings. The molecule has 1 unspecified atom stereocenters. The Hall–Kier alpha value is -2.36. The van der Waals surface area contributed by atoms with E-state index >= 15 is 0 Å². The number of carbonyl (C=O) groups is 1. The molecule has 26 heavy (non-hydrogen) atoms. The van der Waals surface area contributed by atoms with E-state index < -0.39 is 0 Å². The van der Waals surface area contributed by atoms with Crippen molar-refractivity contribution in [2.45, 2.75) is 38.5 Å². The van der Waals surface area contributed by atoms with Crippen LogP contribution in [0.2, 0.25) is 0 Å². The molecule has 0 radical (unpaired) electrons. The Balaban J connectivity index is 1.49. The molecule has 4 rings (SSSR count). The molecule has 4 nitrogen and oxygen atoms in total. The molecule has 0 bridgehead atoms. The topological polar surface area (TPSA) is 36.4 Å². The lowest BCUT2D eigenvalue weighted by molar-refractivity contribution is 0.0707. The second-order valence-electron chi connectivity index (χ2n) is 7.60. The van der Waals surface area contributed by atoms with Crippen molar-refractivity contribution in [2.24, 2.45) is 0 Å². The van der Waals surface area contributed by atoms with E-state index in [1.54, 1.807) is 6.20 Å². The summed E-state index contributed by atoms with van der Waals surface area (Å²) in [6.45, 7) is 5.86. The van der Waals surface area contributed by atoms with Gasteiger partial charge in [0.25, 0.3) is 5.91 Å². The van der Waals surface area contributed by atoms with Crippen LogP contribution < -0.4 is 4.90 Å². The number of amides is 1. The van der Waals surface area contributed by atoms with E-state index in [1.807, 2.05) is 17.0 Å². The molecule has 0 N–H and O–H groups in total. The Morgan fingerprint density at radius 2 is 1.81 bits per heavy atom. The van der Waals surface area contributed by atoms with Crippen LogP contribution in [0.4, 0.5) is 5.82 Å². The second kappa shape index (κ2) is 7.48. The van der Waals surface area contributed by atoms with Gasteiger partial charge in [0.05, 0.1) is 0 Å². The Labute approximate surface area is 155 Å². The maximum absolute atomic E-state index is 13.1. The van der Waals surface area contributed by atoms with Gasteiger partial charge < -0.3 is 9.80 Å². The van der Waals surface area contributed by atoms with Crippen LogP contribution in [0, 0.1) is 6.92 Å². The molecule has 0 saturated carbocycles. The van der Waals surface area contributed by atoms with Gasteiger partial charge >= 0.3 is 0 Å². The van der Waals surface area contributed by atoms with Crippen LogP contribution in [0.15, 0.2) is 42.6 Å². The van der Waals surface area contributed by atoms with Gasteiger partial charge in [-0.05, 0) is 50.3 Å². The highest BCUT2D eigenvalue weighted by Gasteiger charge is 2.26. The van der Waals surface area contributed by atoms with Gasteiger partial charge in [0.1, 0.15) is 5.82 Å². The standard InChI is InChI=1S/C22H27N3O/c1-17-6-8-18(9-7-17)20-5-4-14-25(16-20)22(26)19-10-11-23-21(15-19)24-12-2-3-13-24/h6-11,15,20H,2-5,12-14,16H2,1H3. The maximum atomic E-state index is 13.1. The first-order valence-electron chi connectivity index (χ1n) is 9.77. The number of aryl methyl sites for hydroxylation is 1. The molecule has 0 spiro atoms. The van der Waals surface area contributed by atoms with E-state index in [2.05, 4.69) is 41.1 Å². The highest BCUT2D eigenvalue weighted by molar-refractivity contribution is 5.95. The summed E-state index contributed by atoms with van der Waals surface area (Å²) in [6.07, 6.45) is 6.42. The van der Waals surface area contributed by atoms with Crippen LogP contribution in [0.5, 0.6) is 0 Å². The van der Waals surface area contributed by atoms with Crippen molar-refractivity contribution in [2.75, 3.05) is 31.1 Å². The molecular formula is C22H27N3O. The maximum Gasteiger partial charge on any atom is 0.254 e. The molecular weight excluding hydrogens is 322 g/mol. The van der Waals surface area contributed by atoms with Gasteiger partial charge in [0.15, 0.2) is 0 Å². The Morgan fingerprint density at radius 3 is 2.58 bits per heavy atom. The van der Waals surface area contributed by atoms with Crippen molar-refractivity contribution < 1.29 is 4.79 Å². The Bertz CT molecular complexity index is 765. The van der Waals surface area contributed by atoms with Crippen molar-refractivity contribution in [1.29, 1.82) is 0 Å². The summed E-state index contributed by atoms with van der Waals surface area (Å²) in [4.78, 5) is 21.9. The first-order chi connectivity index (χ1) is 12.7. The summed E-state index contributed by atoms with van der Waals surface area (Å²) in [5, 5.41) is 0. The molecule has 1 aromatic heterocycles. The minimum atomic E-state index is 0.143. The van der Waals surface area contributed by atoms with Gasteiger partial charge in [-0.15, -0.1) is 0 Å². The third-order valence-corrected chi connectivity index (χ3v) is 5.68. The molecule has 4 heteroatoms. The molecule has 1 amide bonds. The smallest absolute Gasteiger partial charge is 0.254 e. The van der Waals surface area contributed by atoms with Gasteiger partial charge in [0, 0.05) is 43.9 Å². The minimum absolute atomic E-state index is 0.143. The lowest BCUT2D eigenvalue weighted by atomic mass is 9.90. The average Bonchev–Trinajstić information content (AvgIpc) is 3.23. The molecule has 2 aliphatic rings. The molecule has 2 aliphatic heterocycles. The van der Waals surface area contributed by atoms with Gasteiger partial charge in [0.2, 0.25) is 0 Å². The minimum Gasteiger partial charge on any atom is -0.357 e. The summed E-state index contributed by atoms with van der Waals surface area (Å²) in [6, 6.07) is 12.6. The van der Waals surface area contributed by atoms with E-state index in [9.17, 15) is 4.79 Å². The molecule has 3 heterocycles. The highest BCUT2D eigenvalue weighted by atomic mass is 16.2.